The SMILES string of the molecule is OC1c2c(C(F)(F)F)nn([C@@H]3CCC(F)[C@@H](F)C3)c2CC1(F)F. The molecule has 0 amide bonds. The third-order valence-electron chi connectivity index (χ3n) is 4.41. The van der Waals surface area contributed by atoms with Gasteiger partial charge in [0.2, 0.25) is 0 Å². The molecule has 1 heterocycles. The van der Waals surface area contributed by atoms with Crippen molar-refractivity contribution in [3.8, 4) is 0 Å². The second-order valence-electron chi connectivity index (χ2n) is 5.99. The summed E-state index contributed by atoms with van der Waals surface area (Å²) in [7, 11) is 0. The van der Waals surface area contributed by atoms with E-state index in [2.05, 4.69) is 5.10 Å². The van der Waals surface area contributed by atoms with Crippen molar-refractivity contribution in [1.82, 2.24) is 9.78 Å². The summed E-state index contributed by atoms with van der Waals surface area (Å²) in [5, 5.41) is 12.8. The summed E-state index contributed by atoms with van der Waals surface area (Å²) < 4.78 is 93.7. The summed E-state index contributed by atoms with van der Waals surface area (Å²) in [5.74, 6) is -3.75. The third-order valence-corrected chi connectivity index (χ3v) is 4.41. The van der Waals surface area contributed by atoms with Gasteiger partial charge in [0.15, 0.2) is 5.69 Å². The Morgan fingerprint density at radius 3 is 2.35 bits per heavy atom. The highest BCUT2D eigenvalue weighted by atomic mass is 19.4. The molecule has 130 valence electrons. The first-order valence-corrected chi connectivity index (χ1v) is 7.05. The summed E-state index contributed by atoms with van der Waals surface area (Å²) in [6.45, 7) is 0. The minimum absolute atomic E-state index is 0.00529. The monoisotopic (exact) mass is 346 g/mol. The Labute approximate surface area is 126 Å². The number of nitrogens with zero attached hydrogens (tertiary/aromatic N) is 2. The Kier molecular flexibility index (Phi) is 3.66. The van der Waals surface area contributed by atoms with Crippen LogP contribution >= 0.6 is 0 Å². The lowest BCUT2D eigenvalue weighted by Crippen LogP contribution is -2.31. The summed E-state index contributed by atoms with van der Waals surface area (Å²) >= 11 is 0. The number of fused-ring (bicyclic) bond motifs is 1. The highest BCUT2D eigenvalue weighted by Crippen LogP contribution is 2.49. The summed E-state index contributed by atoms with van der Waals surface area (Å²) in [6, 6.07) is -0.942. The van der Waals surface area contributed by atoms with E-state index in [4.69, 9.17) is 0 Å². The van der Waals surface area contributed by atoms with Gasteiger partial charge in [-0.2, -0.15) is 18.3 Å². The van der Waals surface area contributed by atoms with Crippen LogP contribution in [-0.2, 0) is 12.6 Å². The van der Waals surface area contributed by atoms with Crippen LogP contribution in [0.15, 0.2) is 0 Å². The fourth-order valence-electron chi connectivity index (χ4n) is 3.27. The summed E-state index contributed by atoms with van der Waals surface area (Å²) in [5.41, 5.74) is -3.00. The topological polar surface area (TPSA) is 38.1 Å². The molecule has 23 heavy (non-hydrogen) atoms. The van der Waals surface area contributed by atoms with Crippen LogP contribution in [0.1, 0.15) is 48.4 Å². The number of aromatic nitrogens is 2. The molecule has 1 aromatic heterocycles. The highest BCUT2D eigenvalue weighted by Gasteiger charge is 2.55. The fraction of sp³-hybridized carbons (Fsp3) is 0.769. The van der Waals surface area contributed by atoms with E-state index >= 15 is 0 Å². The largest absolute Gasteiger partial charge is 0.435 e. The van der Waals surface area contributed by atoms with E-state index < -0.39 is 66.4 Å². The first-order valence-electron chi connectivity index (χ1n) is 7.05. The van der Waals surface area contributed by atoms with Gasteiger partial charge in [-0.05, 0) is 12.8 Å². The molecule has 4 atom stereocenters. The smallest absolute Gasteiger partial charge is 0.382 e. The molecule has 1 aromatic rings. The molecule has 3 nitrogen and oxygen atoms in total. The van der Waals surface area contributed by atoms with E-state index in [-0.39, 0.29) is 12.8 Å². The molecule has 1 fully saturated rings. The predicted molar refractivity (Wildman–Crippen MR) is 63.5 cm³/mol. The first kappa shape index (κ1) is 16.5. The zero-order valence-electron chi connectivity index (χ0n) is 11.6. The average molecular weight is 346 g/mol. The molecule has 1 N–H and O–H groups in total. The molecular weight excluding hydrogens is 333 g/mol. The van der Waals surface area contributed by atoms with E-state index in [0.717, 1.165) is 0 Å². The van der Waals surface area contributed by atoms with Gasteiger partial charge in [-0.25, -0.2) is 17.6 Å². The minimum Gasteiger partial charge on any atom is -0.382 e. The Morgan fingerprint density at radius 2 is 1.78 bits per heavy atom. The molecule has 10 heteroatoms. The van der Waals surface area contributed by atoms with Gasteiger partial charge in [0.05, 0.1) is 18.2 Å². The number of alkyl halides is 7. The quantitative estimate of drug-likeness (QED) is 0.790. The van der Waals surface area contributed by atoms with Gasteiger partial charge in [-0.1, -0.05) is 0 Å². The van der Waals surface area contributed by atoms with Crippen molar-refractivity contribution >= 4 is 0 Å². The lowest BCUT2D eigenvalue weighted by Gasteiger charge is -2.28. The van der Waals surface area contributed by atoms with Crippen LogP contribution in [0.5, 0.6) is 0 Å². The predicted octanol–water partition coefficient (Wildman–Crippen LogP) is 3.53. The molecule has 0 spiro atoms. The Balaban J connectivity index is 2.05. The van der Waals surface area contributed by atoms with Crippen molar-refractivity contribution in [1.29, 1.82) is 0 Å². The number of hydrogen-bond donors (Lipinski definition) is 1. The molecule has 0 radical (unpaired) electrons. The van der Waals surface area contributed by atoms with Crippen LogP contribution in [0.25, 0.3) is 0 Å². The van der Waals surface area contributed by atoms with Crippen LogP contribution in [0, 0.1) is 0 Å². The van der Waals surface area contributed by atoms with Gasteiger partial charge in [-0.15, -0.1) is 0 Å². The second kappa shape index (κ2) is 5.09. The van der Waals surface area contributed by atoms with Crippen LogP contribution in [0.2, 0.25) is 0 Å². The first-order chi connectivity index (χ1) is 10.5. The molecule has 0 bridgehead atoms. The van der Waals surface area contributed by atoms with Gasteiger partial charge in [0, 0.05) is 12.0 Å². The van der Waals surface area contributed by atoms with Gasteiger partial charge in [0.1, 0.15) is 18.4 Å². The zero-order chi connectivity index (χ0) is 17.2. The second-order valence-corrected chi connectivity index (χ2v) is 5.99. The van der Waals surface area contributed by atoms with Crippen molar-refractivity contribution in [3.05, 3.63) is 17.0 Å². The molecule has 2 unspecified atom stereocenters. The lowest BCUT2D eigenvalue weighted by molar-refractivity contribution is -0.146. The molecule has 0 saturated heterocycles. The van der Waals surface area contributed by atoms with Gasteiger partial charge < -0.3 is 5.11 Å². The molecule has 2 aliphatic carbocycles. The summed E-state index contributed by atoms with van der Waals surface area (Å²) in [6.07, 6.45) is -13.0. The van der Waals surface area contributed by atoms with Crippen molar-refractivity contribution in [3.63, 3.8) is 0 Å². The average Bonchev–Trinajstić information content (AvgIpc) is 2.89. The molecular formula is C13H13F7N2O. The number of aliphatic hydroxyl groups is 1. The number of halogens is 7. The summed E-state index contributed by atoms with van der Waals surface area (Å²) in [4.78, 5) is 0. The standard InChI is InChI=1S/C13H13F7N2O/c14-6-2-1-5(3-7(6)15)22-8-4-12(16,17)11(23)9(8)10(21-22)13(18,19)20/h5-7,11,23H,1-4H2/t5-,6?,7+,11?/m1/s1. The third kappa shape index (κ3) is 2.60. The van der Waals surface area contributed by atoms with Crippen LogP contribution in [0.4, 0.5) is 30.7 Å². The van der Waals surface area contributed by atoms with Crippen LogP contribution in [0.3, 0.4) is 0 Å². The van der Waals surface area contributed by atoms with E-state index in [9.17, 15) is 35.8 Å². The number of hydrogen-bond acceptors (Lipinski definition) is 2. The van der Waals surface area contributed by atoms with Gasteiger partial charge >= 0.3 is 6.18 Å². The Bertz CT molecular complexity index is 612. The molecule has 1 saturated carbocycles. The highest BCUT2D eigenvalue weighted by molar-refractivity contribution is 5.38. The minimum atomic E-state index is -5.02. The van der Waals surface area contributed by atoms with E-state index in [1.165, 1.54) is 0 Å². The molecule has 0 aliphatic heterocycles. The van der Waals surface area contributed by atoms with E-state index in [0.29, 0.717) is 4.68 Å². The lowest BCUT2D eigenvalue weighted by atomic mass is 9.92. The van der Waals surface area contributed by atoms with Crippen molar-refractivity contribution in [2.75, 3.05) is 0 Å². The maximum absolute atomic E-state index is 13.6. The van der Waals surface area contributed by atoms with Gasteiger partial charge in [0.25, 0.3) is 5.92 Å². The van der Waals surface area contributed by atoms with E-state index in [1.807, 2.05) is 0 Å². The maximum Gasteiger partial charge on any atom is 0.435 e. The van der Waals surface area contributed by atoms with Crippen LogP contribution in [-0.4, -0.2) is 33.2 Å². The number of rotatable bonds is 1. The Hall–Kier alpha value is -1.32. The van der Waals surface area contributed by atoms with Crippen LogP contribution < -0.4 is 0 Å². The molecule has 0 aromatic carbocycles. The van der Waals surface area contributed by atoms with Crippen molar-refractivity contribution in [2.45, 2.75) is 62.3 Å². The zero-order valence-corrected chi connectivity index (χ0v) is 11.6. The maximum atomic E-state index is 13.6. The molecule has 2 aliphatic rings. The Morgan fingerprint density at radius 1 is 1.13 bits per heavy atom. The molecule has 3 rings (SSSR count). The normalized spacial score (nSPS) is 33.7. The van der Waals surface area contributed by atoms with Crippen molar-refractivity contribution in [2.24, 2.45) is 0 Å². The number of aliphatic hydroxyl groups excluding tert-OH is 1. The van der Waals surface area contributed by atoms with Crippen molar-refractivity contribution < 1.29 is 35.8 Å². The van der Waals surface area contributed by atoms with E-state index in [1.54, 1.807) is 0 Å². The van der Waals surface area contributed by atoms with Gasteiger partial charge in [-0.3, -0.25) is 4.68 Å². The fourth-order valence-corrected chi connectivity index (χ4v) is 3.27.